The van der Waals surface area contributed by atoms with Crippen molar-refractivity contribution in [3.05, 3.63) is 60.2 Å². The summed E-state index contributed by atoms with van der Waals surface area (Å²) in [5, 5.41) is 3.27. The zero-order chi connectivity index (χ0) is 14.3. The molecule has 1 heterocycles. The number of benzene rings is 2. The number of nitrogens with one attached hydrogen (secondary N) is 1. The maximum Gasteiger partial charge on any atom is 0.132 e. The van der Waals surface area contributed by atoms with Gasteiger partial charge in [-0.15, -0.1) is 0 Å². The lowest BCUT2D eigenvalue weighted by atomic mass is 10.2. The van der Waals surface area contributed by atoms with Crippen LogP contribution in [0.3, 0.4) is 0 Å². The number of para-hydroxylation sites is 2. The monoisotopic (exact) mass is 282 g/mol. The molecule has 21 heavy (non-hydrogen) atoms. The van der Waals surface area contributed by atoms with Gasteiger partial charge in [0.25, 0.3) is 0 Å². The highest BCUT2D eigenvalue weighted by atomic mass is 16.5. The first-order valence-electron chi connectivity index (χ1n) is 7.12. The molecule has 1 N–H and O–H groups in total. The van der Waals surface area contributed by atoms with Crippen LogP contribution in [-0.2, 0) is 0 Å². The Morgan fingerprint density at radius 3 is 2.48 bits per heavy atom. The van der Waals surface area contributed by atoms with E-state index < -0.39 is 0 Å². The highest BCUT2D eigenvalue weighted by Crippen LogP contribution is 2.19. The molecule has 108 valence electrons. The molecule has 2 aromatic carbocycles. The lowest BCUT2D eigenvalue weighted by Crippen LogP contribution is -2.20. The van der Waals surface area contributed by atoms with E-state index >= 15 is 0 Å². The van der Waals surface area contributed by atoms with E-state index in [2.05, 4.69) is 10.3 Å². The van der Waals surface area contributed by atoms with Gasteiger partial charge >= 0.3 is 0 Å². The van der Waals surface area contributed by atoms with E-state index in [9.17, 15) is 0 Å². The van der Waals surface area contributed by atoms with Crippen LogP contribution in [0.2, 0.25) is 0 Å². The first-order valence-corrected chi connectivity index (χ1v) is 7.12. The quantitative estimate of drug-likeness (QED) is 0.828. The highest BCUT2D eigenvalue weighted by Gasteiger charge is 2.12. The van der Waals surface area contributed by atoms with Crippen LogP contribution in [0.15, 0.2) is 59.6 Å². The minimum absolute atomic E-state index is 0.499. The maximum absolute atomic E-state index is 5.83. The minimum Gasteiger partial charge on any atom is -0.490 e. The van der Waals surface area contributed by atoms with Crippen molar-refractivity contribution >= 4 is 5.84 Å². The predicted octanol–water partition coefficient (Wildman–Crippen LogP) is 2.49. The molecule has 1 aliphatic heterocycles. The summed E-state index contributed by atoms with van der Waals surface area (Å²) in [7, 11) is 0. The number of rotatable bonds is 6. The molecular weight excluding hydrogens is 264 g/mol. The fourth-order valence-corrected chi connectivity index (χ4v) is 2.19. The van der Waals surface area contributed by atoms with Crippen molar-refractivity contribution in [1.82, 2.24) is 5.32 Å². The molecule has 0 bridgehead atoms. The average molecular weight is 282 g/mol. The first-order chi connectivity index (χ1) is 10.4. The predicted molar refractivity (Wildman–Crippen MR) is 83.3 cm³/mol. The van der Waals surface area contributed by atoms with Gasteiger partial charge in [-0.2, -0.15) is 0 Å². The molecular formula is C17H18N2O2. The Bertz CT molecular complexity index is 611. The van der Waals surface area contributed by atoms with E-state index in [1.165, 1.54) is 0 Å². The zero-order valence-corrected chi connectivity index (χ0v) is 11.8. The minimum atomic E-state index is 0.499. The van der Waals surface area contributed by atoms with Gasteiger partial charge in [0, 0.05) is 6.54 Å². The molecule has 0 radical (unpaired) electrons. The van der Waals surface area contributed by atoms with Gasteiger partial charge < -0.3 is 14.8 Å². The molecule has 0 saturated heterocycles. The number of hydrogen-bond donors (Lipinski definition) is 1. The van der Waals surface area contributed by atoms with Crippen molar-refractivity contribution in [2.45, 2.75) is 0 Å². The van der Waals surface area contributed by atoms with Crippen molar-refractivity contribution in [3.63, 3.8) is 0 Å². The zero-order valence-electron chi connectivity index (χ0n) is 11.8. The Kier molecular flexibility index (Phi) is 4.36. The molecule has 1 aliphatic rings. The Morgan fingerprint density at radius 1 is 0.905 bits per heavy atom. The Labute approximate surface area is 124 Å². The maximum atomic E-state index is 5.83. The molecule has 0 unspecified atom stereocenters. The topological polar surface area (TPSA) is 42.9 Å². The van der Waals surface area contributed by atoms with E-state index in [-0.39, 0.29) is 0 Å². The second-order valence-corrected chi connectivity index (χ2v) is 4.66. The highest BCUT2D eigenvalue weighted by molar-refractivity contribution is 6.02. The standard InChI is InChI=1S/C17H18N2O2/c1-2-6-14(7-3-1)20-12-13-21-16-9-5-4-8-15(16)17-18-10-11-19-17/h1-9H,10-13H2,(H,18,19). The molecule has 0 amide bonds. The van der Waals surface area contributed by atoms with E-state index in [1.807, 2.05) is 54.6 Å². The van der Waals surface area contributed by atoms with Gasteiger partial charge in [-0.3, -0.25) is 4.99 Å². The van der Waals surface area contributed by atoms with Crippen LogP contribution in [0.5, 0.6) is 11.5 Å². The van der Waals surface area contributed by atoms with Crippen LogP contribution in [0, 0.1) is 0 Å². The van der Waals surface area contributed by atoms with Gasteiger partial charge in [-0.25, -0.2) is 0 Å². The van der Waals surface area contributed by atoms with Crippen molar-refractivity contribution < 1.29 is 9.47 Å². The van der Waals surface area contributed by atoms with Gasteiger partial charge in [0.2, 0.25) is 0 Å². The van der Waals surface area contributed by atoms with Gasteiger partial charge in [0.1, 0.15) is 30.5 Å². The Hall–Kier alpha value is -2.49. The third kappa shape index (κ3) is 3.54. The van der Waals surface area contributed by atoms with E-state index in [4.69, 9.17) is 9.47 Å². The Balaban J connectivity index is 1.56. The van der Waals surface area contributed by atoms with Crippen LogP contribution in [-0.4, -0.2) is 32.1 Å². The molecule has 0 aromatic heterocycles. The summed E-state index contributed by atoms with van der Waals surface area (Å²) in [5.74, 6) is 2.60. The van der Waals surface area contributed by atoms with Crippen molar-refractivity contribution in [3.8, 4) is 11.5 Å². The summed E-state index contributed by atoms with van der Waals surface area (Å²) in [6.45, 7) is 2.72. The van der Waals surface area contributed by atoms with Gasteiger partial charge in [0.15, 0.2) is 0 Å². The number of nitrogens with zero attached hydrogens (tertiary/aromatic N) is 1. The number of ether oxygens (including phenoxy) is 2. The smallest absolute Gasteiger partial charge is 0.132 e. The largest absolute Gasteiger partial charge is 0.490 e. The fourth-order valence-electron chi connectivity index (χ4n) is 2.19. The van der Waals surface area contributed by atoms with Gasteiger partial charge in [-0.05, 0) is 24.3 Å². The van der Waals surface area contributed by atoms with Crippen LogP contribution >= 0.6 is 0 Å². The molecule has 0 atom stereocenters. The van der Waals surface area contributed by atoms with Crippen molar-refractivity contribution in [2.75, 3.05) is 26.3 Å². The molecule has 0 saturated carbocycles. The van der Waals surface area contributed by atoms with E-state index in [0.717, 1.165) is 36.0 Å². The van der Waals surface area contributed by atoms with E-state index in [0.29, 0.717) is 13.2 Å². The first kappa shape index (κ1) is 13.5. The number of aliphatic imine (C=N–C) groups is 1. The Morgan fingerprint density at radius 2 is 1.67 bits per heavy atom. The summed E-state index contributed by atoms with van der Waals surface area (Å²) >= 11 is 0. The molecule has 2 aromatic rings. The third-order valence-corrected chi connectivity index (χ3v) is 3.17. The lowest BCUT2D eigenvalue weighted by molar-refractivity contribution is 0.217. The van der Waals surface area contributed by atoms with Crippen LogP contribution in [0.25, 0.3) is 0 Å². The van der Waals surface area contributed by atoms with Crippen LogP contribution in [0.1, 0.15) is 5.56 Å². The fraction of sp³-hybridized carbons (Fsp3) is 0.235. The summed E-state index contributed by atoms with van der Waals surface area (Å²) in [6, 6.07) is 17.7. The van der Waals surface area contributed by atoms with Crippen molar-refractivity contribution in [1.29, 1.82) is 0 Å². The second kappa shape index (κ2) is 6.79. The molecule has 0 aliphatic carbocycles. The lowest BCUT2D eigenvalue weighted by Gasteiger charge is -2.12. The second-order valence-electron chi connectivity index (χ2n) is 4.66. The summed E-state index contributed by atoms with van der Waals surface area (Å²) in [6.07, 6.45) is 0. The molecule has 0 fully saturated rings. The molecule has 4 heteroatoms. The van der Waals surface area contributed by atoms with Crippen molar-refractivity contribution in [2.24, 2.45) is 4.99 Å². The summed E-state index contributed by atoms with van der Waals surface area (Å²) in [5.41, 5.74) is 1.01. The van der Waals surface area contributed by atoms with E-state index in [1.54, 1.807) is 0 Å². The van der Waals surface area contributed by atoms with Crippen LogP contribution < -0.4 is 14.8 Å². The third-order valence-electron chi connectivity index (χ3n) is 3.17. The summed E-state index contributed by atoms with van der Waals surface area (Å²) in [4.78, 5) is 4.44. The molecule has 4 nitrogen and oxygen atoms in total. The van der Waals surface area contributed by atoms with Gasteiger partial charge in [0.05, 0.1) is 12.1 Å². The average Bonchev–Trinajstić information content (AvgIpc) is 3.07. The van der Waals surface area contributed by atoms with Crippen LogP contribution in [0.4, 0.5) is 0 Å². The summed E-state index contributed by atoms with van der Waals surface area (Å²) < 4.78 is 11.4. The normalized spacial score (nSPS) is 13.4. The number of hydrogen-bond acceptors (Lipinski definition) is 4. The number of amidine groups is 1. The molecule has 0 spiro atoms. The SMILES string of the molecule is c1ccc(OCCOc2ccccc2C2=NCCN2)cc1. The van der Waals surface area contributed by atoms with Gasteiger partial charge in [-0.1, -0.05) is 30.3 Å². The molecule has 3 rings (SSSR count).